The van der Waals surface area contributed by atoms with Crippen molar-refractivity contribution in [3.8, 4) is 0 Å². The third kappa shape index (κ3) is 47.3. The predicted octanol–water partition coefficient (Wildman–Crippen LogP) is 16.2. The third-order valence-corrected chi connectivity index (χ3v) is 12.1. The summed E-state index contributed by atoms with van der Waals surface area (Å²) in [6.07, 6.45) is 64.0. The molecule has 0 rings (SSSR count). The van der Waals surface area contributed by atoms with Crippen LogP contribution in [0.2, 0.25) is 0 Å². The van der Waals surface area contributed by atoms with Crippen molar-refractivity contribution >= 4 is 11.9 Å². The third-order valence-electron chi connectivity index (χ3n) is 12.1. The maximum absolute atomic E-state index is 12.4. The van der Waals surface area contributed by atoms with Gasteiger partial charge in [0.05, 0.1) is 25.4 Å². The van der Waals surface area contributed by atoms with Gasteiger partial charge in [0.1, 0.15) is 0 Å². The molecule has 62 heavy (non-hydrogen) atoms. The largest absolute Gasteiger partial charge is 0.466 e. The van der Waals surface area contributed by atoms with Crippen molar-refractivity contribution in [1.82, 2.24) is 5.32 Å². The molecular weight excluding hydrogens is 767 g/mol. The second kappa shape index (κ2) is 51.5. The zero-order valence-corrected chi connectivity index (χ0v) is 41.1. The molecule has 0 aromatic heterocycles. The summed E-state index contributed by atoms with van der Waals surface area (Å²) in [7, 11) is 0. The van der Waals surface area contributed by atoms with Gasteiger partial charge >= 0.3 is 5.97 Å². The zero-order chi connectivity index (χ0) is 45.1. The van der Waals surface area contributed by atoms with Gasteiger partial charge in [-0.05, 0) is 89.9 Å². The molecule has 0 saturated carbocycles. The van der Waals surface area contributed by atoms with E-state index < -0.39 is 12.1 Å². The van der Waals surface area contributed by atoms with E-state index in [-0.39, 0.29) is 18.5 Å². The maximum atomic E-state index is 12.4. The first-order chi connectivity index (χ1) is 30.5. The van der Waals surface area contributed by atoms with Crippen LogP contribution in [0.5, 0.6) is 0 Å². The topological polar surface area (TPSA) is 95.9 Å². The molecule has 0 spiro atoms. The normalized spacial score (nSPS) is 13.0. The van der Waals surface area contributed by atoms with Gasteiger partial charge in [-0.1, -0.05) is 217 Å². The molecule has 6 heteroatoms. The molecule has 0 aliphatic rings. The lowest BCUT2D eigenvalue weighted by atomic mass is 10.0. The van der Waals surface area contributed by atoms with E-state index in [1.54, 1.807) is 6.08 Å². The molecule has 0 aliphatic carbocycles. The van der Waals surface area contributed by atoms with Crippen LogP contribution in [-0.4, -0.2) is 47.4 Å². The lowest BCUT2D eigenvalue weighted by Crippen LogP contribution is -2.45. The molecule has 362 valence electrons. The Bertz CT molecular complexity index is 1050. The Morgan fingerprint density at radius 1 is 0.452 bits per heavy atom. The SMILES string of the molecule is CCCCCC/C=C\C/C=C\CCCCCCCC(=O)OCCCCCCCCC/C=C\CCCCCCCC(=O)NC(CO)C(O)/C=C/CCCCCCCCCCCCC. The quantitative estimate of drug-likeness (QED) is 0.0322. The van der Waals surface area contributed by atoms with E-state index in [0.29, 0.717) is 19.4 Å². The first-order valence-corrected chi connectivity index (χ1v) is 26.9. The number of aliphatic hydroxyl groups excluding tert-OH is 2. The van der Waals surface area contributed by atoms with Crippen LogP contribution in [0.15, 0.2) is 48.6 Å². The number of esters is 1. The van der Waals surface area contributed by atoms with E-state index >= 15 is 0 Å². The number of hydrogen-bond acceptors (Lipinski definition) is 5. The number of amides is 1. The molecule has 0 bridgehead atoms. The summed E-state index contributed by atoms with van der Waals surface area (Å²) < 4.78 is 5.46. The molecule has 0 aromatic rings. The number of nitrogens with one attached hydrogen (secondary N) is 1. The van der Waals surface area contributed by atoms with E-state index in [9.17, 15) is 19.8 Å². The van der Waals surface area contributed by atoms with Gasteiger partial charge in [-0.2, -0.15) is 0 Å². The van der Waals surface area contributed by atoms with Crippen LogP contribution in [0.4, 0.5) is 0 Å². The minimum absolute atomic E-state index is 0.0182. The number of carbonyl (C=O) groups is 2. The average molecular weight is 870 g/mol. The Kier molecular flexibility index (Phi) is 49.6. The fourth-order valence-corrected chi connectivity index (χ4v) is 7.89. The van der Waals surface area contributed by atoms with Crippen LogP contribution < -0.4 is 5.32 Å². The van der Waals surface area contributed by atoms with Crippen molar-refractivity contribution in [2.45, 2.75) is 283 Å². The predicted molar refractivity (Wildman–Crippen MR) is 269 cm³/mol. The Hall–Kier alpha value is -2.18. The standard InChI is InChI=1S/C56H103NO5/c1-3-5-7-9-11-13-15-17-18-22-26-30-34-38-42-46-50-56(61)62-51-47-43-39-35-31-27-23-20-19-21-25-29-33-37-41-45-49-55(60)57-53(52-58)54(59)48-44-40-36-32-28-24-16-14-12-10-8-6-4-2/h13,15,18-19,21-22,44,48,53-54,58-59H,3-12,14,16-17,20,23-43,45-47,49-52H2,1-2H3,(H,57,60)/b15-13-,21-19-,22-18-,48-44+. The van der Waals surface area contributed by atoms with Gasteiger partial charge in [0.15, 0.2) is 0 Å². The Morgan fingerprint density at radius 2 is 0.806 bits per heavy atom. The Morgan fingerprint density at radius 3 is 1.26 bits per heavy atom. The highest BCUT2D eigenvalue weighted by Crippen LogP contribution is 2.14. The van der Waals surface area contributed by atoms with Crippen molar-refractivity contribution in [3.05, 3.63) is 48.6 Å². The molecule has 3 N–H and O–H groups in total. The summed E-state index contributed by atoms with van der Waals surface area (Å²) in [6.45, 7) is 4.84. The molecule has 2 atom stereocenters. The molecule has 0 aliphatic heterocycles. The van der Waals surface area contributed by atoms with Crippen LogP contribution in [0.25, 0.3) is 0 Å². The van der Waals surface area contributed by atoms with Crippen molar-refractivity contribution < 1.29 is 24.5 Å². The van der Waals surface area contributed by atoms with Crippen LogP contribution in [-0.2, 0) is 14.3 Å². The highest BCUT2D eigenvalue weighted by atomic mass is 16.5. The number of aliphatic hydroxyl groups is 2. The van der Waals surface area contributed by atoms with Crippen molar-refractivity contribution in [2.24, 2.45) is 0 Å². The summed E-state index contributed by atoms with van der Waals surface area (Å²) in [5, 5.41) is 23.0. The van der Waals surface area contributed by atoms with Crippen molar-refractivity contribution in [2.75, 3.05) is 13.2 Å². The number of ether oxygens (including phenoxy) is 1. The lowest BCUT2D eigenvalue weighted by molar-refractivity contribution is -0.143. The first-order valence-electron chi connectivity index (χ1n) is 26.9. The maximum Gasteiger partial charge on any atom is 0.305 e. The van der Waals surface area contributed by atoms with E-state index in [2.05, 4.69) is 55.6 Å². The number of rotatable bonds is 49. The number of carbonyl (C=O) groups excluding carboxylic acids is 2. The average Bonchev–Trinajstić information content (AvgIpc) is 3.27. The van der Waals surface area contributed by atoms with Crippen LogP contribution in [0.1, 0.15) is 271 Å². The minimum atomic E-state index is -0.855. The van der Waals surface area contributed by atoms with Gasteiger partial charge in [0.25, 0.3) is 0 Å². The summed E-state index contributed by atoms with van der Waals surface area (Å²) in [6, 6.07) is -0.640. The van der Waals surface area contributed by atoms with Gasteiger partial charge in [-0.3, -0.25) is 9.59 Å². The highest BCUT2D eigenvalue weighted by Gasteiger charge is 2.18. The van der Waals surface area contributed by atoms with E-state index in [0.717, 1.165) is 70.6 Å². The summed E-state index contributed by atoms with van der Waals surface area (Å²) in [5.41, 5.74) is 0. The monoisotopic (exact) mass is 870 g/mol. The molecule has 2 unspecified atom stereocenters. The smallest absolute Gasteiger partial charge is 0.305 e. The fourth-order valence-electron chi connectivity index (χ4n) is 7.89. The second-order valence-corrected chi connectivity index (χ2v) is 18.2. The molecule has 0 saturated heterocycles. The fraction of sp³-hybridized carbons (Fsp3) is 0.821. The molecule has 1 amide bonds. The Balaban J connectivity index is 3.51. The van der Waals surface area contributed by atoms with Crippen molar-refractivity contribution in [3.63, 3.8) is 0 Å². The van der Waals surface area contributed by atoms with Gasteiger partial charge in [0, 0.05) is 12.8 Å². The number of allylic oxidation sites excluding steroid dienone is 7. The number of unbranched alkanes of at least 4 members (excludes halogenated alkanes) is 32. The molecule has 0 aromatic carbocycles. The molecule has 0 fully saturated rings. The van der Waals surface area contributed by atoms with Gasteiger partial charge in [0.2, 0.25) is 5.91 Å². The highest BCUT2D eigenvalue weighted by molar-refractivity contribution is 5.76. The molecular formula is C56H103NO5. The van der Waals surface area contributed by atoms with E-state index in [1.807, 2.05) is 6.08 Å². The number of hydrogen-bond donors (Lipinski definition) is 3. The van der Waals surface area contributed by atoms with E-state index in [4.69, 9.17) is 4.74 Å². The van der Waals surface area contributed by atoms with E-state index in [1.165, 1.54) is 173 Å². The van der Waals surface area contributed by atoms with Crippen LogP contribution >= 0.6 is 0 Å². The summed E-state index contributed by atoms with van der Waals surface area (Å²) in [4.78, 5) is 24.5. The summed E-state index contributed by atoms with van der Waals surface area (Å²) >= 11 is 0. The summed E-state index contributed by atoms with van der Waals surface area (Å²) in [5.74, 6) is -0.105. The Labute approximate surface area is 385 Å². The molecule has 0 heterocycles. The first kappa shape index (κ1) is 59.8. The minimum Gasteiger partial charge on any atom is -0.466 e. The molecule has 0 radical (unpaired) electrons. The molecule has 6 nitrogen and oxygen atoms in total. The lowest BCUT2D eigenvalue weighted by Gasteiger charge is -2.20. The van der Waals surface area contributed by atoms with Gasteiger partial charge < -0.3 is 20.3 Å². The van der Waals surface area contributed by atoms with Gasteiger partial charge in [-0.25, -0.2) is 0 Å². The van der Waals surface area contributed by atoms with Gasteiger partial charge in [-0.15, -0.1) is 0 Å². The van der Waals surface area contributed by atoms with Crippen LogP contribution in [0.3, 0.4) is 0 Å². The van der Waals surface area contributed by atoms with Crippen molar-refractivity contribution in [1.29, 1.82) is 0 Å². The zero-order valence-electron chi connectivity index (χ0n) is 41.1. The second-order valence-electron chi connectivity index (χ2n) is 18.2. The van der Waals surface area contributed by atoms with Crippen LogP contribution in [0, 0.1) is 0 Å².